The molecule has 4 rings (SSSR count). The van der Waals surface area contributed by atoms with Gasteiger partial charge in [-0.2, -0.15) is 0 Å². The molecule has 0 radical (unpaired) electrons. The van der Waals surface area contributed by atoms with E-state index in [0.717, 1.165) is 0 Å². The van der Waals surface area contributed by atoms with Gasteiger partial charge >= 0.3 is 0 Å². The van der Waals surface area contributed by atoms with Gasteiger partial charge in [0.05, 0.1) is 18.2 Å². The summed E-state index contributed by atoms with van der Waals surface area (Å²) in [6.45, 7) is 3.87. The molecule has 1 amide bonds. The summed E-state index contributed by atoms with van der Waals surface area (Å²) in [5.41, 5.74) is 9.12. The molecule has 4 aliphatic rings. The molecule has 2 saturated carbocycles. The van der Waals surface area contributed by atoms with E-state index in [1.165, 1.54) is 6.92 Å². The molecule has 41 heavy (non-hydrogen) atoms. The molecule has 16 nitrogen and oxygen atoms in total. The zero-order valence-electron chi connectivity index (χ0n) is 23.3. The first-order valence-corrected chi connectivity index (χ1v) is 14.1. The number of ether oxygens (including phenoxy) is 4. The number of hydrogen-bond acceptors (Lipinski definition) is 15. The molecule has 0 bridgehead atoms. The monoisotopic (exact) mass is 594 g/mol. The molecule has 16 heteroatoms. The van der Waals surface area contributed by atoms with Gasteiger partial charge in [0.25, 0.3) is 5.91 Å². The highest BCUT2D eigenvalue weighted by atomic mass is 16.7. The average Bonchev–Trinajstić information content (AvgIpc) is 2.87. The van der Waals surface area contributed by atoms with Crippen LogP contribution in [0, 0.1) is 0 Å². The van der Waals surface area contributed by atoms with Crippen LogP contribution in [0.15, 0.2) is 0 Å². The second-order valence-corrected chi connectivity index (χ2v) is 12.1. The Balaban J connectivity index is 1.52. The summed E-state index contributed by atoms with van der Waals surface area (Å²) in [6.07, 6.45) is -13.8. The number of hydrogen-bond donors (Lipinski definition) is 11. The van der Waals surface area contributed by atoms with Gasteiger partial charge in [0.15, 0.2) is 12.6 Å². The van der Waals surface area contributed by atoms with Crippen LogP contribution in [0.3, 0.4) is 0 Å². The van der Waals surface area contributed by atoms with Crippen LogP contribution >= 0.6 is 0 Å². The summed E-state index contributed by atoms with van der Waals surface area (Å²) in [6, 6.07) is -2.27. The van der Waals surface area contributed by atoms with Gasteiger partial charge in [-0.25, -0.2) is 0 Å². The summed E-state index contributed by atoms with van der Waals surface area (Å²) in [5.74, 6) is -0.723. The number of rotatable bonds is 9. The maximum Gasteiger partial charge on any atom is 0.252 e. The number of carbonyl (C=O) groups excluding carboxylic acids is 1. The van der Waals surface area contributed by atoms with E-state index >= 15 is 0 Å². The van der Waals surface area contributed by atoms with Crippen LogP contribution in [-0.2, 0) is 23.7 Å². The normalized spacial score (nSPS) is 50.7. The molecule has 2 aliphatic heterocycles. The van der Waals surface area contributed by atoms with Gasteiger partial charge in [-0.05, 0) is 19.9 Å². The van der Waals surface area contributed by atoms with Crippen molar-refractivity contribution in [3.8, 4) is 0 Å². The predicted octanol–water partition coefficient (Wildman–Crippen LogP) is -5.54. The molecule has 2 heterocycles. The lowest BCUT2D eigenvalue weighted by atomic mass is 9.75. The summed E-state index contributed by atoms with van der Waals surface area (Å²) in [7, 11) is 0. The lowest BCUT2D eigenvalue weighted by molar-refractivity contribution is -0.329. The maximum atomic E-state index is 12.9. The summed E-state index contributed by atoms with van der Waals surface area (Å²) < 4.78 is 23.1. The second-order valence-electron chi connectivity index (χ2n) is 12.1. The molecule has 0 spiro atoms. The Morgan fingerprint density at radius 3 is 2.22 bits per heavy atom. The number of likely N-dealkylation sites (N-methyl/N-ethyl adjacent to an activating group) is 1. The van der Waals surface area contributed by atoms with Gasteiger partial charge in [0, 0.05) is 37.9 Å². The van der Waals surface area contributed by atoms with Gasteiger partial charge in [-0.1, -0.05) is 6.92 Å². The van der Waals surface area contributed by atoms with E-state index in [-0.39, 0.29) is 44.9 Å². The van der Waals surface area contributed by atoms with E-state index in [9.17, 15) is 40.5 Å². The number of amides is 1. The summed E-state index contributed by atoms with van der Waals surface area (Å²) in [4.78, 5) is 12.9. The Labute approximate surface area is 237 Å². The van der Waals surface area contributed by atoms with E-state index in [1.54, 1.807) is 0 Å². The smallest absolute Gasteiger partial charge is 0.252 e. The largest absolute Gasteiger partial charge is 0.388 e. The van der Waals surface area contributed by atoms with Crippen molar-refractivity contribution < 1.29 is 59.5 Å². The zero-order chi connectivity index (χ0) is 30.3. The predicted molar refractivity (Wildman–Crippen MR) is 139 cm³/mol. The maximum absolute atomic E-state index is 12.9. The fourth-order valence-corrected chi connectivity index (χ4v) is 5.94. The number of nitrogens with one attached hydrogen (secondary N) is 2. The molecule has 238 valence electrons. The Kier molecular flexibility index (Phi) is 10.3. The Bertz CT molecular complexity index is 895. The van der Waals surface area contributed by atoms with Crippen molar-refractivity contribution in [2.24, 2.45) is 11.5 Å². The molecule has 0 aromatic carbocycles. The van der Waals surface area contributed by atoms with Gasteiger partial charge < -0.3 is 76.8 Å². The first-order chi connectivity index (χ1) is 19.2. The first kappa shape index (κ1) is 32.8. The van der Waals surface area contributed by atoms with E-state index < -0.39 is 90.6 Å². The van der Waals surface area contributed by atoms with Crippen molar-refractivity contribution in [1.82, 2.24) is 10.6 Å². The number of aliphatic hydroxyl groups excluding tert-OH is 5. The molecule has 2 aliphatic carbocycles. The topological polar surface area (TPSA) is 272 Å². The minimum Gasteiger partial charge on any atom is -0.388 e. The van der Waals surface area contributed by atoms with Crippen LogP contribution in [-0.4, -0.2) is 152 Å². The highest BCUT2D eigenvalue weighted by Gasteiger charge is 2.54. The lowest BCUT2D eigenvalue weighted by Crippen LogP contribution is -2.70. The standard InChI is InChI=1S/C25H46N4O12/c1-3-28-8-14-15(31)16(32)17(33)22(39-14)40-19-11(27)4-12(29-23(35)25(37)5-10(26)6-25)20(18(19)34)41-21-13(30)7-24(2,36)9-38-21/h10-22,28,30-34,36-37H,3-9,26-27H2,1-2H3,(H,29,35)/t10?,11-,12+,13+,14+,15+,16-,17+,18-,19?,20-,21+,22+,24+,25?/m0/s1. The first-order valence-electron chi connectivity index (χ1n) is 14.1. The Hall–Kier alpha value is -1.09. The van der Waals surface area contributed by atoms with Crippen LogP contribution in [0.2, 0.25) is 0 Å². The van der Waals surface area contributed by atoms with Gasteiger partial charge in [-0.3, -0.25) is 4.79 Å². The second kappa shape index (κ2) is 12.9. The molecule has 4 fully saturated rings. The fourth-order valence-electron chi connectivity index (χ4n) is 5.94. The molecular weight excluding hydrogens is 548 g/mol. The van der Waals surface area contributed by atoms with Crippen molar-refractivity contribution in [3.63, 3.8) is 0 Å². The highest BCUT2D eigenvalue weighted by molar-refractivity contribution is 5.86. The Morgan fingerprint density at radius 1 is 0.951 bits per heavy atom. The molecule has 13 atom stereocenters. The Morgan fingerprint density at radius 2 is 1.61 bits per heavy atom. The number of aliphatic hydroxyl groups is 7. The lowest BCUT2D eigenvalue weighted by Gasteiger charge is -2.49. The molecule has 0 aromatic rings. The van der Waals surface area contributed by atoms with E-state index in [0.29, 0.717) is 6.54 Å². The third-order valence-corrected chi connectivity index (χ3v) is 8.32. The highest BCUT2D eigenvalue weighted by Crippen LogP contribution is 2.35. The van der Waals surface area contributed by atoms with Crippen molar-refractivity contribution in [3.05, 3.63) is 0 Å². The zero-order valence-corrected chi connectivity index (χ0v) is 23.3. The molecule has 13 N–H and O–H groups in total. The minimum absolute atomic E-state index is 0.0321. The summed E-state index contributed by atoms with van der Waals surface area (Å²) in [5, 5.41) is 79.8. The number of carbonyl (C=O) groups is 1. The third-order valence-electron chi connectivity index (χ3n) is 8.32. The SMILES string of the molecule is CCNC[C@H]1O[C@H](OC2[C@@H](N)C[C@@H](NC(=O)C3(O)CC(N)C3)[C@H](O[C@H]3OC[C@](C)(O)C[C@H]3O)[C@H]2O)[C@H](O)[C@@H](O)[C@@H]1O. The van der Waals surface area contributed by atoms with Gasteiger partial charge in [-0.15, -0.1) is 0 Å². The van der Waals surface area contributed by atoms with E-state index in [4.69, 9.17) is 30.4 Å². The van der Waals surface area contributed by atoms with Crippen LogP contribution in [0.25, 0.3) is 0 Å². The minimum atomic E-state index is -1.69. The third kappa shape index (κ3) is 7.18. The van der Waals surface area contributed by atoms with Gasteiger partial charge in [0.2, 0.25) is 0 Å². The quantitative estimate of drug-likeness (QED) is 0.119. The van der Waals surface area contributed by atoms with Crippen molar-refractivity contribution in [2.45, 2.75) is 130 Å². The van der Waals surface area contributed by atoms with Crippen LogP contribution in [0.4, 0.5) is 0 Å². The van der Waals surface area contributed by atoms with E-state index in [2.05, 4.69) is 10.6 Å². The van der Waals surface area contributed by atoms with E-state index in [1.807, 2.05) is 6.92 Å². The van der Waals surface area contributed by atoms with Gasteiger partial charge in [0.1, 0.15) is 54.4 Å². The van der Waals surface area contributed by atoms with Crippen LogP contribution in [0.5, 0.6) is 0 Å². The number of nitrogens with two attached hydrogens (primary N) is 2. The van der Waals surface area contributed by atoms with Crippen molar-refractivity contribution in [2.75, 3.05) is 19.7 Å². The van der Waals surface area contributed by atoms with Crippen LogP contribution < -0.4 is 22.1 Å². The average molecular weight is 595 g/mol. The molecular formula is C25H46N4O12. The molecule has 0 aromatic heterocycles. The van der Waals surface area contributed by atoms with Crippen LogP contribution in [0.1, 0.15) is 39.5 Å². The summed E-state index contributed by atoms with van der Waals surface area (Å²) >= 11 is 0. The van der Waals surface area contributed by atoms with Crippen molar-refractivity contribution in [1.29, 1.82) is 0 Å². The molecule has 1 unspecified atom stereocenters. The fraction of sp³-hybridized carbons (Fsp3) is 0.960. The van der Waals surface area contributed by atoms with Crippen molar-refractivity contribution >= 4 is 5.91 Å². The molecule has 2 saturated heterocycles.